The van der Waals surface area contributed by atoms with E-state index in [2.05, 4.69) is 14.7 Å². The number of hydrogen-bond acceptors (Lipinski definition) is 5. The summed E-state index contributed by atoms with van der Waals surface area (Å²) < 4.78 is 19.4. The zero-order valence-electron chi connectivity index (χ0n) is 20.7. The summed E-state index contributed by atoms with van der Waals surface area (Å²) in [5.41, 5.74) is 2.26. The van der Waals surface area contributed by atoms with E-state index in [0.29, 0.717) is 31.2 Å². The Hall–Kier alpha value is -3.02. The standard InChI is InChI=1S/C26H30ClFN4O3/c1-16-14-31(7-8-32(16)25(34)35-26(3,4)5)15-20-10-21(27)9-18(17(20)2)12-23(33)19-11-22(28)24(29-6)30-13-19/h9-11,13,16H,7-8,12,14-15H2,1-5H3/t16-/m0/s1. The Morgan fingerprint density at radius 2 is 1.94 bits per heavy atom. The van der Waals surface area contributed by atoms with Crippen LogP contribution in [0.5, 0.6) is 0 Å². The lowest BCUT2D eigenvalue weighted by Crippen LogP contribution is -2.54. The summed E-state index contributed by atoms with van der Waals surface area (Å²) in [6.07, 6.45) is 0.964. The summed E-state index contributed by atoms with van der Waals surface area (Å²) in [5.74, 6) is -1.47. The number of aromatic nitrogens is 1. The van der Waals surface area contributed by atoms with Crippen LogP contribution in [0.15, 0.2) is 24.4 Å². The molecule has 1 aromatic carbocycles. The van der Waals surface area contributed by atoms with Crippen LogP contribution in [0, 0.1) is 19.3 Å². The van der Waals surface area contributed by atoms with Gasteiger partial charge in [-0.05, 0) is 69.5 Å². The number of ether oxygens (including phenoxy) is 1. The summed E-state index contributed by atoms with van der Waals surface area (Å²) in [7, 11) is 0. The first-order valence-corrected chi connectivity index (χ1v) is 11.8. The van der Waals surface area contributed by atoms with Crippen molar-refractivity contribution < 1.29 is 18.7 Å². The smallest absolute Gasteiger partial charge is 0.410 e. The van der Waals surface area contributed by atoms with Gasteiger partial charge in [0.05, 0.1) is 5.56 Å². The third-order valence-electron chi connectivity index (χ3n) is 5.92. The van der Waals surface area contributed by atoms with Crippen molar-refractivity contribution in [2.45, 2.75) is 59.2 Å². The highest BCUT2D eigenvalue weighted by Gasteiger charge is 2.31. The van der Waals surface area contributed by atoms with Gasteiger partial charge < -0.3 is 14.5 Å². The zero-order valence-corrected chi connectivity index (χ0v) is 21.4. The molecular formula is C26H30ClFN4O3. The molecule has 1 aromatic heterocycles. The van der Waals surface area contributed by atoms with E-state index >= 15 is 0 Å². The van der Waals surface area contributed by atoms with Gasteiger partial charge in [0, 0.05) is 43.7 Å². The molecule has 0 saturated carbocycles. The summed E-state index contributed by atoms with van der Waals surface area (Å²) in [5, 5.41) is 0.515. The highest BCUT2D eigenvalue weighted by molar-refractivity contribution is 6.30. The Labute approximate surface area is 210 Å². The minimum atomic E-state index is -0.811. The minimum Gasteiger partial charge on any atom is -0.444 e. The van der Waals surface area contributed by atoms with Crippen LogP contribution in [-0.4, -0.2) is 57.9 Å². The molecule has 1 aliphatic rings. The maximum absolute atomic E-state index is 13.9. The van der Waals surface area contributed by atoms with Gasteiger partial charge in [-0.2, -0.15) is 0 Å². The minimum absolute atomic E-state index is 0.0139. The van der Waals surface area contributed by atoms with Crippen molar-refractivity contribution in [1.82, 2.24) is 14.8 Å². The molecule has 1 atom stereocenters. The molecule has 186 valence electrons. The molecule has 2 aromatic rings. The third-order valence-corrected chi connectivity index (χ3v) is 6.14. The first-order valence-electron chi connectivity index (χ1n) is 11.4. The van der Waals surface area contributed by atoms with Gasteiger partial charge in [-0.1, -0.05) is 18.2 Å². The van der Waals surface area contributed by atoms with Gasteiger partial charge in [0.2, 0.25) is 0 Å². The van der Waals surface area contributed by atoms with Crippen molar-refractivity contribution >= 4 is 29.3 Å². The number of rotatable bonds is 5. The Morgan fingerprint density at radius 1 is 1.26 bits per heavy atom. The summed E-state index contributed by atoms with van der Waals surface area (Å²) >= 11 is 6.38. The molecule has 1 amide bonds. The quantitative estimate of drug-likeness (QED) is 0.395. The van der Waals surface area contributed by atoms with Gasteiger partial charge >= 0.3 is 11.9 Å². The van der Waals surface area contributed by atoms with E-state index < -0.39 is 11.4 Å². The van der Waals surface area contributed by atoms with Gasteiger partial charge in [-0.15, -0.1) is 4.98 Å². The SMILES string of the molecule is [C-]#[N+]c1ncc(C(=O)Cc2cc(Cl)cc(CN3CCN(C(=O)OC(C)(C)C)[C@@H](C)C3)c2C)cc1F. The number of carbonyl (C=O) groups excluding carboxylic acids is 2. The van der Waals surface area contributed by atoms with Crippen LogP contribution >= 0.6 is 11.6 Å². The monoisotopic (exact) mass is 500 g/mol. The highest BCUT2D eigenvalue weighted by atomic mass is 35.5. The van der Waals surface area contributed by atoms with Gasteiger partial charge in [0.25, 0.3) is 0 Å². The van der Waals surface area contributed by atoms with E-state index in [-0.39, 0.29) is 35.7 Å². The van der Waals surface area contributed by atoms with Crippen molar-refractivity contribution in [3.05, 3.63) is 68.9 Å². The van der Waals surface area contributed by atoms with E-state index in [1.165, 1.54) is 6.20 Å². The second-order valence-electron chi connectivity index (χ2n) is 9.85. The summed E-state index contributed by atoms with van der Waals surface area (Å²) in [6, 6.07) is 4.68. The molecule has 2 heterocycles. The largest absolute Gasteiger partial charge is 0.444 e. The van der Waals surface area contributed by atoms with E-state index in [4.69, 9.17) is 22.9 Å². The Morgan fingerprint density at radius 3 is 2.54 bits per heavy atom. The predicted octanol–water partition coefficient (Wildman–Crippen LogP) is 5.60. The molecule has 0 N–H and O–H groups in total. The number of ketones is 1. The van der Waals surface area contributed by atoms with E-state index in [1.807, 2.05) is 40.7 Å². The topological polar surface area (TPSA) is 67.1 Å². The first-order chi connectivity index (χ1) is 16.4. The van der Waals surface area contributed by atoms with Crippen molar-refractivity contribution in [1.29, 1.82) is 0 Å². The van der Waals surface area contributed by atoms with Crippen LogP contribution in [-0.2, 0) is 17.7 Å². The zero-order chi connectivity index (χ0) is 25.9. The molecule has 1 saturated heterocycles. The van der Waals surface area contributed by atoms with Crippen LogP contribution in [0.1, 0.15) is 54.7 Å². The average molecular weight is 501 g/mol. The highest BCUT2D eigenvalue weighted by Crippen LogP contribution is 2.25. The number of Topliss-reactive ketones (excluding diaryl/α,β-unsaturated/α-hetero) is 1. The van der Waals surface area contributed by atoms with Crippen molar-refractivity contribution in [2.75, 3.05) is 19.6 Å². The number of carbonyl (C=O) groups is 2. The molecule has 9 heteroatoms. The molecule has 1 fully saturated rings. The molecule has 0 bridgehead atoms. The van der Waals surface area contributed by atoms with E-state index in [1.54, 1.807) is 11.0 Å². The lowest BCUT2D eigenvalue weighted by atomic mass is 9.96. The molecule has 0 aliphatic carbocycles. The van der Waals surface area contributed by atoms with Gasteiger partial charge in [-0.25, -0.2) is 9.18 Å². The molecular weight excluding hydrogens is 471 g/mol. The molecule has 7 nitrogen and oxygen atoms in total. The van der Waals surface area contributed by atoms with Crippen LogP contribution in [0.4, 0.5) is 15.0 Å². The average Bonchev–Trinajstić information content (AvgIpc) is 2.75. The maximum atomic E-state index is 13.9. The lowest BCUT2D eigenvalue weighted by Gasteiger charge is -2.40. The predicted molar refractivity (Wildman–Crippen MR) is 132 cm³/mol. The second-order valence-corrected chi connectivity index (χ2v) is 10.3. The van der Waals surface area contributed by atoms with Crippen LogP contribution in [0.2, 0.25) is 5.02 Å². The number of hydrogen-bond donors (Lipinski definition) is 0. The Balaban J connectivity index is 1.70. The molecule has 3 rings (SSSR count). The number of benzene rings is 1. The van der Waals surface area contributed by atoms with Crippen molar-refractivity contribution in [2.24, 2.45) is 0 Å². The van der Waals surface area contributed by atoms with E-state index in [9.17, 15) is 14.0 Å². The Bertz CT molecular complexity index is 1170. The fourth-order valence-electron chi connectivity index (χ4n) is 4.09. The normalized spacial score (nSPS) is 16.6. The Kier molecular flexibility index (Phi) is 8.14. The van der Waals surface area contributed by atoms with Gasteiger partial charge in [0.1, 0.15) is 11.8 Å². The molecule has 1 aliphatic heterocycles. The van der Waals surface area contributed by atoms with Crippen molar-refractivity contribution in [3.63, 3.8) is 0 Å². The second kappa shape index (κ2) is 10.7. The number of amides is 1. The van der Waals surface area contributed by atoms with Crippen LogP contribution in [0.3, 0.4) is 0 Å². The van der Waals surface area contributed by atoms with Crippen LogP contribution < -0.4 is 0 Å². The third kappa shape index (κ3) is 6.77. The molecule has 0 spiro atoms. The molecule has 35 heavy (non-hydrogen) atoms. The summed E-state index contributed by atoms with van der Waals surface area (Å²) in [4.78, 5) is 36.0. The molecule has 0 radical (unpaired) electrons. The van der Waals surface area contributed by atoms with Gasteiger partial charge in [0.15, 0.2) is 11.6 Å². The molecule has 0 unspecified atom stereocenters. The van der Waals surface area contributed by atoms with Crippen molar-refractivity contribution in [3.8, 4) is 0 Å². The number of halogens is 2. The maximum Gasteiger partial charge on any atom is 0.410 e. The fraction of sp³-hybridized carbons (Fsp3) is 0.462. The number of nitrogens with zero attached hydrogens (tertiary/aromatic N) is 4. The van der Waals surface area contributed by atoms with Gasteiger partial charge in [-0.3, -0.25) is 9.69 Å². The lowest BCUT2D eigenvalue weighted by molar-refractivity contribution is 0.000531. The number of piperazine rings is 1. The first kappa shape index (κ1) is 26.6. The number of pyridine rings is 1. The van der Waals surface area contributed by atoms with Crippen LogP contribution in [0.25, 0.3) is 4.85 Å². The summed E-state index contributed by atoms with van der Waals surface area (Å²) in [6.45, 7) is 18.9. The fourth-order valence-corrected chi connectivity index (χ4v) is 4.36. The van der Waals surface area contributed by atoms with E-state index in [0.717, 1.165) is 22.8 Å².